The van der Waals surface area contributed by atoms with Crippen molar-refractivity contribution in [3.63, 3.8) is 0 Å². The van der Waals surface area contributed by atoms with E-state index in [4.69, 9.17) is 0 Å². The van der Waals surface area contributed by atoms with Crippen LogP contribution in [0.15, 0.2) is 29.6 Å². The fourth-order valence-corrected chi connectivity index (χ4v) is 3.33. The van der Waals surface area contributed by atoms with Gasteiger partial charge in [-0.1, -0.05) is 6.07 Å². The van der Waals surface area contributed by atoms with Gasteiger partial charge in [-0.2, -0.15) is 13.2 Å². The summed E-state index contributed by atoms with van der Waals surface area (Å²) in [6, 6.07) is 4.77. The molecule has 1 fully saturated rings. The smallest absolute Gasteiger partial charge is 0.304 e. The monoisotopic (exact) mass is 354 g/mol. The molecule has 1 saturated carbocycles. The normalized spacial score (nSPS) is 16.0. The zero-order valence-corrected chi connectivity index (χ0v) is 14.1. The zero-order valence-electron chi connectivity index (χ0n) is 13.3. The molecule has 0 saturated heterocycles. The summed E-state index contributed by atoms with van der Waals surface area (Å²) in [7, 11) is 0. The number of carbonyl (C=O) groups excluding carboxylic acids is 1. The van der Waals surface area contributed by atoms with E-state index in [0.717, 1.165) is 30.0 Å². The quantitative estimate of drug-likeness (QED) is 0.781. The standard InChI is InChI=1S/C17H17F3N2OS/c1-10(12-6-7-12)22(16(23)15-9-24-11(2)21-15)14-5-3-4-13(8-14)17(18,19)20/h3-5,8-10,12H,6-7H2,1-2H3/t10-/m1/s1. The SMILES string of the molecule is Cc1nc(C(=O)N(c2cccc(C(F)(F)F)c2)[C@H](C)C2CC2)cs1. The van der Waals surface area contributed by atoms with Gasteiger partial charge in [-0.3, -0.25) is 4.79 Å². The van der Waals surface area contributed by atoms with E-state index in [9.17, 15) is 18.0 Å². The summed E-state index contributed by atoms with van der Waals surface area (Å²) in [4.78, 5) is 18.5. The highest BCUT2D eigenvalue weighted by Crippen LogP contribution is 2.39. The Morgan fingerprint density at radius 1 is 1.38 bits per heavy atom. The summed E-state index contributed by atoms with van der Waals surface area (Å²) in [6.45, 7) is 3.68. The molecule has 1 atom stereocenters. The number of carbonyl (C=O) groups is 1. The van der Waals surface area contributed by atoms with Crippen molar-refractivity contribution in [2.24, 2.45) is 5.92 Å². The first-order chi connectivity index (χ1) is 11.3. The molecule has 24 heavy (non-hydrogen) atoms. The first kappa shape index (κ1) is 17.0. The number of hydrogen-bond donors (Lipinski definition) is 0. The average molecular weight is 354 g/mol. The summed E-state index contributed by atoms with van der Waals surface area (Å²) in [5.41, 5.74) is -0.211. The van der Waals surface area contributed by atoms with Crippen molar-refractivity contribution in [1.82, 2.24) is 4.98 Å². The number of halogens is 3. The van der Waals surface area contributed by atoms with Gasteiger partial charge in [0.05, 0.1) is 10.6 Å². The lowest BCUT2D eigenvalue weighted by molar-refractivity contribution is -0.137. The third-order valence-corrected chi connectivity index (χ3v) is 4.99. The molecule has 2 aromatic rings. The van der Waals surface area contributed by atoms with Gasteiger partial charge in [0.1, 0.15) is 5.69 Å². The van der Waals surface area contributed by atoms with E-state index in [-0.39, 0.29) is 23.3 Å². The van der Waals surface area contributed by atoms with Crippen LogP contribution in [0.25, 0.3) is 0 Å². The topological polar surface area (TPSA) is 33.2 Å². The number of anilines is 1. The fraction of sp³-hybridized carbons (Fsp3) is 0.412. The molecule has 1 aromatic heterocycles. The summed E-state index contributed by atoms with van der Waals surface area (Å²) < 4.78 is 39.0. The van der Waals surface area contributed by atoms with Crippen molar-refractivity contribution in [1.29, 1.82) is 0 Å². The minimum Gasteiger partial charge on any atom is -0.304 e. The minimum absolute atomic E-state index is 0.164. The van der Waals surface area contributed by atoms with E-state index in [1.807, 2.05) is 6.92 Å². The Bertz CT molecular complexity index is 752. The predicted octanol–water partition coefficient (Wildman–Crippen LogP) is 4.92. The van der Waals surface area contributed by atoms with E-state index >= 15 is 0 Å². The highest BCUT2D eigenvalue weighted by Gasteiger charge is 2.37. The van der Waals surface area contributed by atoms with Crippen LogP contribution in [0, 0.1) is 12.8 Å². The molecule has 1 aliphatic carbocycles. The Labute approximate surface area is 142 Å². The molecule has 1 amide bonds. The van der Waals surface area contributed by atoms with E-state index in [2.05, 4.69) is 4.98 Å². The Balaban J connectivity index is 2.00. The lowest BCUT2D eigenvalue weighted by Crippen LogP contribution is -2.40. The number of aryl methyl sites for hydroxylation is 1. The van der Waals surface area contributed by atoms with E-state index in [1.54, 1.807) is 18.4 Å². The van der Waals surface area contributed by atoms with Crippen LogP contribution in [0.4, 0.5) is 18.9 Å². The average Bonchev–Trinajstić information content (AvgIpc) is 3.28. The molecule has 0 aliphatic heterocycles. The highest BCUT2D eigenvalue weighted by atomic mass is 32.1. The van der Waals surface area contributed by atoms with Crippen LogP contribution in [-0.2, 0) is 6.18 Å². The lowest BCUT2D eigenvalue weighted by Gasteiger charge is -2.29. The molecule has 1 aliphatic rings. The van der Waals surface area contributed by atoms with Crippen molar-refractivity contribution in [3.05, 3.63) is 45.9 Å². The molecule has 1 heterocycles. The zero-order chi connectivity index (χ0) is 17.5. The second kappa shape index (κ2) is 6.20. The van der Waals surface area contributed by atoms with Crippen LogP contribution in [0.1, 0.15) is 40.8 Å². The number of benzene rings is 1. The number of aromatic nitrogens is 1. The van der Waals surface area contributed by atoms with Gasteiger partial charge in [0.2, 0.25) is 0 Å². The molecule has 7 heteroatoms. The molecule has 128 valence electrons. The van der Waals surface area contributed by atoms with Crippen LogP contribution in [0.3, 0.4) is 0 Å². The van der Waals surface area contributed by atoms with Gasteiger partial charge in [0.15, 0.2) is 0 Å². The number of rotatable bonds is 4. The van der Waals surface area contributed by atoms with Gasteiger partial charge in [-0.25, -0.2) is 4.98 Å². The van der Waals surface area contributed by atoms with E-state index < -0.39 is 11.7 Å². The Hall–Kier alpha value is -1.89. The third-order valence-electron chi connectivity index (χ3n) is 4.22. The molecule has 0 unspecified atom stereocenters. The van der Waals surface area contributed by atoms with Crippen LogP contribution in [-0.4, -0.2) is 16.9 Å². The number of nitrogens with zero attached hydrogens (tertiary/aromatic N) is 2. The Morgan fingerprint density at radius 3 is 2.62 bits per heavy atom. The number of amides is 1. The molecule has 0 spiro atoms. The highest BCUT2D eigenvalue weighted by molar-refractivity contribution is 7.09. The summed E-state index contributed by atoms with van der Waals surface area (Å²) in [5, 5.41) is 2.40. The van der Waals surface area contributed by atoms with E-state index in [0.29, 0.717) is 5.92 Å². The van der Waals surface area contributed by atoms with Crippen molar-refractivity contribution >= 4 is 22.9 Å². The maximum absolute atomic E-state index is 13.0. The van der Waals surface area contributed by atoms with Crippen LogP contribution < -0.4 is 4.90 Å². The van der Waals surface area contributed by atoms with Gasteiger partial charge in [0.25, 0.3) is 5.91 Å². The van der Waals surface area contributed by atoms with Crippen LogP contribution in [0.2, 0.25) is 0 Å². The fourth-order valence-electron chi connectivity index (χ4n) is 2.74. The number of thiazole rings is 1. The molecule has 0 bridgehead atoms. The second-order valence-electron chi connectivity index (χ2n) is 6.05. The van der Waals surface area contributed by atoms with Crippen molar-refractivity contribution in [2.75, 3.05) is 4.90 Å². The molecular weight excluding hydrogens is 337 g/mol. The summed E-state index contributed by atoms with van der Waals surface area (Å²) in [5.74, 6) is -0.0266. The van der Waals surface area contributed by atoms with Crippen molar-refractivity contribution < 1.29 is 18.0 Å². The predicted molar refractivity (Wildman–Crippen MR) is 87.3 cm³/mol. The molecule has 0 N–H and O–H groups in total. The van der Waals surface area contributed by atoms with E-state index in [1.165, 1.54) is 22.3 Å². The van der Waals surface area contributed by atoms with Gasteiger partial charge in [0, 0.05) is 17.1 Å². The first-order valence-corrected chi connectivity index (χ1v) is 8.58. The van der Waals surface area contributed by atoms with Crippen LogP contribution in [0.5, 0.6) is 0 Å². The lowest BCUT2D eigenvalue weighted by atomic mass is 10.1. The summed E-state index contributed by atoms with van der Waals surface area (Å²) >= 11 is 1.35. The summed E-state index contributed by atoms with van der Waals surface area (Å²) in [6.07, 6.45) is -2.47. The molecule has 3 nitrogen and oxygen atoms in total. The largest absolute Gasteiger partial charge is 0.416 e. The van der Waals surface area contributed by atoms with Gasteiger partial charge in [-0.15, -0.1) is 11.3 Å². The maximum atomic E-state index is 13.0. The van der Waals surface area contributed by atoms with Crippen molar-refractivity contribution in [2.45, 2.75) is 38.9 Å². The van der Waals surface area contributed by atoms with Gasteiger partial charge < -0.3 is 4.90 Å². The molecule has 1 aromatic carbocycles. The number of alkyl halides is 3. The van der Waals surface area contributed by atoms with Gasteiger partial charge >= 0.3 is 6.18 Å². The minimum atomic E-state index is -4.44. The molecular formula is C17H17F3N2OS. The molecule has 3 rings (SSSR count). The maximum Gasteiger partial charge on any atom is 0.416 e. The number of hydrogen-bond acceptors (Lipinski definition) is 3. The van der Waals surface area contributed by atoms with Gasteiger partial charge in [-0.05, 0) is 50.8 Å². The van der Waals surface area contributed by atoms with Crippen molar-refractivity contribution in [3.8, 4) is 0 Å². The van der Waals surface area contributed by atoms with Crippen LogP contribution >= 0.6 is 11.3 Å². The second-order valence-corrected chi connectivity index (χ2v) is 7.12. The first-order valence-electron chi connectivity index (χ1n) is 7.70. The third kappa shape index (κ3) is 3.45. The Morgan fingerprint density at radius 2 is 2.08 bits per heavy atom. The molecule has 0 radical (unpaired) electrons. The Kier molecular flexibility index (Phi) is 4.38.